The predicted molar refractivity (Wildman–Crippen MR) is 88.1 cm³/mol. The summed E-state index contributed by atoms with van der Waals surface area (Å²) in [5, 5.41) is 7.09. The van der Waals surface area contributed by atoms with Crippen LogP contribution in [0.4, 0.5) is 0 Å². The van der Waals surface area contributed by atoms with Gasteiger partial charge in [-0.1, -0.05) is 17.7 Å². The Balaban J connectivity index is 1.90. The highest BCUT2D eigenvalue weighted by atomic mass is 32.1. The molecule has 1 N–H and O–H groups in total. The fraction of sp³-hybridized carbons (Fsp3) is 0.444. The molecule has 1 heterocycles. The number of allylic oxidation sites excluding steroid dienone is 1. The van der Waals surface area contributed by atoms with Crippen LogP contribution in [0.15, 0.2) is 35.2 Å². The molecule has 0 saturated heterocycles. The molecule has 4 rings (SSSR count). The minimum Gasteiger partial charge on any atom is -0.316 e. The zero-order valence-electron chi connectivity index (χ0n) is 12.0. The average molecular weight is 283 g/mol. The summed E-state index contributed by atoms with van der Waals surface area (Å²) in [5.41, 5.74) is 4.86. The van der Waals surface area contributed by atoms with Crippen molar-refractivity contribution < 1.29 is 0 Å². The second-order valence-electron chi connectivity index (χ2n) is 6.27. The van der Waals surface area contributed by atoms with Crippen molar-refractivity contribution in [2.45, 2.75) is 25.7 Å². The summed E-state index contributed by atoms with van der Waals surface area (Å²) in [6, 6.07) is 9.14. The second kappa shape index (κ2) is 5.01. The summed E-state index contributed by atoms with van der Waals surface area (Å²) in [6.45, 7) is 1.06. The summed E-state index contributed by atoms with van der Waals surface area (Å²) >= 11 is 1.86. The third-order valence-corrected chi connectivity index (χ3v) is 5.92. The van der Waals surface area contributed by atoms with Crippen LogP contribution in [0, 0.1) is 11.8 Å². The van der Waals surface area contributed by atoms with E-state index in [2.05, 4.69) is 42.0 Å². The van der Waals surface area contributed by atoms with Gasteiger partial charge in [0.2, 0.25) is 0 Å². The Bertz CT molecular complexity index is 667. The molecule has 1 saturated carbocycles. The lowest BCUT2D eigenvalue weighted by atomic mass is 9.79. The van der Waals surface area contributed by atoms with E-state index < -0.39 is 0 Å². The number of thiophene rings is 1. The molecule has 0 amide bonds. The van der Waals surface area contributed by atoms with Gasteiger partial charge in [-0.3, -0.25) is 0 Å². The molecule has 1 fully saturated rings. The number of hydrogen-bond acceptors (Lipinski definition) is 2. The van der Waals surface area contributed by atoms with Crippen molar-refractivity contribution in [2.24, 2.45) is 11.8 Å². The minimum atomic E-state index is 0.808. The van der Waals surface area contributed by atoms with Crippen molar-refractivity contribution >= 4 is 27.0 Å². The van der Waals surface area contributed by atoms with Crippen LogP contribution in [0.2, 0.25) is 0 Å². The van der Waals surface area contributed by atoms with Gasteiger partial charge < -0.3 is 5.32 Å². The average Bonchev–Trinajstić information content (AvgIpc) is 3.07. The maximum Gasteiger partial charge on any atom is 0.0348 e. The van der Waals surface area contributed by atoms with Crippen LogP contribution in [-0.4, -0.2) is 13.6 Å². The van der Waals surface area contributed by atoms with Gasteiger partial charge in [0.1, 0.15) is 0 Å². The second-order valence-corrected chi connectivity index (χ2v) is 7.21. The van der Waals surface area contributed by atoms with Gasteiger partial charge in [-0.15, -0.1) is 11.3 Å². The van der Waals surface area contributed by atoms with Crippen LogP contribution >= 0.6 is 11.3 Å². The van der Waals surface area contributed by atoms with E-state index in [1.807, 2.05) is 11.3 Å². The van der Waals surface area contributed by atoms with Gasteiger partial charge in [0, 0.05) is 11.2 Å². The quantitative estimate of drug-likeness (QED) is 0.861. The Hall–Kier alpha value is -1.12. The summed E-state index contributed by atoms with van der Waals surface area (Å²) in [7, 11) is 2.08. The van der Waals surface area contributed by atoms with Crippen LogP contribution in [0.1, 0.15) is 31.2 Å². The van der Waals surface area contributed by atoms with E-state index >= 15 is 0 Å². The molecule has 2 aromatic rings. The molecule has 0 aliphatic heterocycles. The Morgan fingerprint density at radius 3 is 3.10 bits per heavy atom. The van der Waals surface area contributed by atoms with Crippen LogP contribution in [-0.2, 0) is 0 Å². The van der Waals surface area contributed by atoms with Crippen molar-refractivity contribution in [1.29, 1.82) is 0 Å². The molecule has 1 nitrogen and oxygen atoms in total. The zero-order chi connectivity index (χ0) is 13.5. The Morgan fingerprint density at radius 1 is 1.25 bits per heavy atom. The van der Waals surface area contributed by atoms with Crippen LogP contribution < -0.4 is 5.32 Å². The molecule has 2 aliphatic carbocycles. The molecule has 1 aromatic heterocycles. The monoisotopic (exact) mass is 283 g/mol. The Morgan fingerprint density at radius 2 is 2.20 bits per heavy atom. The molecule has 1 aromatic carbocycles. The van der Waals surface area contributed by atoms with E-state index in [-0.39, 0.29) is 0 Å². The highest BCUT2D eigenvalue weighted by molar-refractivity contribution is 7.17. The number of rotatable bonds is 3. The van der Waals surface area contributed by atoms with Crippen molar-refractivity contribution in [3.8, 4) is 0 Å². The highest BCUT2D eigenvalue weighted by Crippen LogP contribution is 2.50. The van der Waals surface area contributed by atoms with E-state index in [0.29, 0.717) is 0 Å². The van der Waals surface area contributed by atoms with Crippen molar-refractivity contribution in [1.82, 2.24) is 5.32 Å². The first-order valence-corrected chi connectivity index (χ1v) is 8.58. The topological polar surface area (TPSA) is 12.0 Å². The fourth-order valence-corrected chi connectivity index (χ4v) is 5.10. The fourth-order valence-electron chi connectivity index (χ4n) is 4.29. The normalized spacial score (nSPS) is 25.6. The van der Waals surface area contributed by atoms with Gasteiger partial charge in [-0.05, 0) is 78.6 Å². The molecule has 2 aliphatic rings. The Labute approximate surface area is 124 Å². The van der Waals surface area contributed by atoms with E-state index in [1.165, 1.54) is 41.3 Å². The lowest BCUT2D eigenvalue weighted by Gasteiger charge is -2.27. The van der Waals surface area contributed by atoms with E-state index in [0.717, 1.165) is 18.4 Å². The summed E-state index contributed by atoms with van der Waals surface area (Å²) in [4.78, 5) is 0. The molecule has 2 atom stereocenters. The minimum absolute atomic E-state index is 0.808. The maximum absolute atomic E-state index is 3.39. The molecule has 0 radical (unpaired) electrons. The summed E-state index contributed by atoms with van der Waals surface area (Å²) < 4.78 is 1.43. The first-order chi connectivity index (χ1) is 9.86. The van der Waals surface area contributed by atoms with Gasteiger partial charge in [-0.2, -0.15) is 0 Å². The van der Waals surface area contributed by atoms with Crippen LogP contribution in [0.5, 0.6) is 0 Å². The molecule has 0 spiro atoms. The number of benzene rings is 1. The largest absolute Gasteiger partial charge is 0.316 e. The smallest absolute Gasteiger partial charge is 0.0348 e. The van der Waals surface area contributed by atoms with Crippen molar-refractivity contribution in [3.05, 3.63) is 40.8 Å². The lowest BCUT2D eigenvalue weighted by Crippen LogP contribution is -2.19. The SMILES string of the molecule is CNCC1=C(c2cccc3sccc23)[C@@H]2CCC(C1)C2. The van der Waals surface area contributed by atoms with E-state index in [9.17, 15) is 0 Å². The third-order valence-electron chi connectivity index (χ3n) is 5.04. The van der Waals surface area contributed by atoms with Crippen LogP contribution in [0.3, 0.4) is 0 Å². The molecule has 2 bridgehead atoms. The third kappa shape index (κ3) is 1.94. The maximum atomic E-state index is 3.39. The highest BCUT2D eigenvalue weighted by Gasteiger charge is 2.35. The van der Waals surface area contributed by atoms with Gasteiger partial charge in [0.05, 0.1) is 0 Å². The van der Waals surface area contributed by atoms with Gasteiger partial charge >= 0.3 is 0 Å². The number of fused-ring (bicyclic) bond motifs is 3. The van der Waals surface area contributed by atoms with Gasteiger partial charge in [-0.25, -0.2) is 0 Å². The van der Waals surface area contributed by atoms with Crippen molar-refractivity contribution in [2.75, 3.05) is 13.6 Å². The Kier molecular flexibility index (Phi) is 3.16. The predicted octanol–water partition coefficient (Wildman–Crippen LogP) is 4.69. The summed E-state index contributed by atoms with van der Waals surface area (Å²) in [6.07, 6.45) is 5.56. The molecular formula is C18H21NS. The molecule has 20 heavy (non-hydrogen) atoms. The molecule has 104 valence electrons. The first kappa shape index (κ1) is 12.6. The van der Waals surface area contributed by atoms with Crippen LogP contribution in [0.25, 0.3) is 15.7 Å². The standard InChI is InChI=1S/C18H21NS/c1-19-11-14-10-12-5-6-13(9-12)18(14)16-3-2-4-17-15(16)7-8-20-17/h2-4,7-8,12-13,19H,5-6,9-11H2,1H3/t12?,13-/m1/s1. The molecule has 2 heteroatoms. The lowest BCUT2D eigenvalue weighted by molar-refractivity contribution is 0.502. The number of likely N-dealkylation sites (N-methyl/N-ethyl adjacent to an activating group) is 1. The van der Waals surface area contributed by atoms with Crippen molar-refractivity contribution in [3.63, 3.8) is 0 Å². The van der Waals surface area contributed by atoms with E-state index in [4.69, 9.17) is 0 Å². The molecular weight excluding hydrogens is 262 g/mol. The molecule has 1 unspecified atom stereocenters. The van der Waals surface area contributed by atoms with Gasteiger partial charge in [0.25, 0.3) is 0 Å². The zero-order valence-corrected chi connectivity index (χ0v) is 12.8. The van der Waals surface area contributed by atoms with Gasteiger partial charge in [0.15, 0.2) is 0 Å². The van der Waals surface area contributed by atoms with E-state index in [1.54, 1.807) is 11.1 Å². The summed E-state index contributed by atoms with van der Waals surface area (Å²) in [5.74, 6) is 1.76. The number of nitrogens with one attached hydrogen (secondary N) is 1. The number of hydrogen-bond donors (Lipinski definition) is 1. The first-order valence-electron chi connectivity index (χ1n) is 7.70.